The number of rotatable bonds is 7. The van der Waals surface area contributed by atoms with Gasteiger partial charge < -0.3 is 10.1 Å². The highest BCUT2D eigenvalue weighted by atomic mass is 79.9. The summed E-state index contributed by atoms with van der Waals surface area (Å²) in [5.74, 6) is 0.251. The van der Waals surface area contributed by atoms with Gasteiger partial charge in [0.05, 0.1) is 4.90 Å². The number of halogens is 1. The third-order valence-electron chi connectivity index (χ3n) is 3.32. The lowest BCUT2D eigenvalue weighted by Crippen LogP contribution is -2.31. The minimum absolute atomic E-state index is 0.142. The summed E-state index contributed by atoms with van der Waals surface area (Å²) in [6.07, 6.45) is -0.706. The van der Waals surface area contributed by atoms with E-state index in [1.807, 2.05) is 12.1 Å². The second-order valence-electron chi connectivity index (χ2n) is 6.00. The summed E-state index contributed by atoms with van der Waals surface area (Å²) in [6.45, 7) is 5.14. The van der Waals surface area contributed by atoms with Crippen molar-refractivity contribution in [1.29, 1.82) is 0 Å². The van der Waals surface area contributed by atoms with Gasteiger partial charge in [-0.05, 0) is 69.3 Å². The van der Waals surface area contributed by atoms with Crippen molar-refractivity contribution >= 4 is 37.5 Å². The number of hydrogen-bond donors (Lipinski definition) is 2. The fourth-order valence-corrected chi connectivity index (χ4v) is 3.63. The lowest BCUT2D eigenvalue weighted by molar-refractivity contribution is -0.122. The van der Waals surface area contributed by atoms with Crippen LogP contribution in [0.2, 0.25) is 0 Å². The molecule has 0 saturated heterocycles. The van der Waals surface area contributed by atoms with Gasteiger partial charge in [-0.3, -0.25) is 4.79 Å². The second-order valence-corrected chi connectivity index (χ2v) is 8.63. The number of amides is 1. The summed E-state index contributed by atoms with van der Waals surface area (Å²) >= 11 is 3.34. The van der Waals surface area contributed by atoms with Crippen molar-refractivity contribution in [3.63, 3.8) is 0 Å². The average Bonchev–Trinajstić information content (AvgIpc) is 2.56. The fraction of sp³-hybridized carbons (Fsp3) is 0.278. The lowest BCUT2D eigenvalue weighted by atomic mass is 10.3. The van der Waals surface area contributed by atoms with Crippen LogP contribution in [0, 0.1) is 0 Å². The molecule has 0 saturated carbocycles. The Morgan fingerprint density at radius 1 is 1.00 bits per heavy atom. The Balaban J connectivity index is 1.99. The maximum Gasteiger partial charge on any atom is 0.265 e. The first-order valence-corrected chi connectivity index (χ1v) is 10.3. The topological polar surface area (TPSA) is 84.5 Å². The van der Waals surface area contributed by atoms with Crippen LogP contribution in [0.5, 0.6) is 5.75 Å². The van der Waals surface area contributed by atoms with Gasteiger partial charge in [0.1, 0.15) is 5.75 Å². The quantitative estimate of drug-likeness (QED) is 0.689. The van der Waals surface area contributed by atoms with E-state index < -0.39 is 16.1 Å². The molecule has 0 radical (unpaired) electrons. The molecule has 0 aliphatic rings. The highest BCUT2D eigenvalue weighted by Crippen LogP contribution is 2.18. The SMILES string of the molecule is CC(C)NS(=O)(=O)c1ccc(NC(=O)C(C)Oc2ccc(Br)cc2)cc1. The van der Waals surface area contributed by atoms with Crippen LogP contribution in [-0.2, 0) is 14.8 Å². The highest BCUT2D eigenvalue weighted by Gasteiger charge is 2.17. The largest absolute Gasteiger partial charge is 0.481 e. The van der Waals surface area contributed by atoms with Crippen molar-refractivity contribution in [2.75, 3.05) is 5.32 Å². The maximum atomic E-state index is 12.2. The maximum absolute atomic E-state index is 12.2. The van der Waals surface area contributed by atoms with Crippen LogP contribution in [-0.4, -0.2) is 26.5 Å². The number of hydrogen-bond acceptors (Lipinski definition) is 4. The minimum atomic E-state index is -3.56. The van der Waals surface area contributed by atoms with E-state index in [4.69, 9.17) is 4.74 Å². The van der Waals surface area contributed by atoms with E-state index in [2.05, 4.69) is 26.0 Å². The molecule has 6 nitrogen and oxygen atoms in total. The smallest absolute Gasteiger partial charge is 0.265 e. The summed E-state index contributed by atoms with van der Waals surface area (Å²) < 4.78 is 33.2. The van der Waals surface area contributed by atoms with E-state index in [-0.39, 0.29) is 16.8 Å². The van der Waals surface area contributed by atoms with Crippen molar-refractivity contribution in [2.24, 2.45) is 0 Å². The summed E-state index contributed by atoms with van der Waals surface area (Å²) in [5.41, 5.74) is 0.491. The van der Waals surface area contributed by atoms with E-state index in [0.717, 1.165) is 4.47 Å². The molecule has 0 aliphatic heterocycles. The average molecular weight is 441 g/mol. The molecule has 2 rings (SSSR count). The Kier molecular flexibility index (Phi) is 6.80. The summed E-state index contributed by atoms with van der Waals surface area (Å²) in [4.78, 5) is 12.4. The first kappa shape index (κ1) is 20.4. The molecule has 0 bridgehead atoms. The van der Waals surface area contributed by atoms with E-state index in [0.29, 0.717) is 11.4 Å². The van der Waals surface area contributed by atoms with Crippen LogP contribution in [0.1, 0.15) is 20.8 Å². The van der Waals surface area contributed by atoms with Crippen LogP contribution in [0.4, 0.5) is 5.69 Å². The zero-order valence-corrected chi connectivity index (χ0v) is 17.1. The molecule has 0 aliphatic carbocycles. The Hall–Kier alpha value is -1.90. The number of benzene rings is 2. The molecular formula is C18H21BrN2O4S. The second kappa shape index (κ2) is 8.66. The zero-order chi connectivity index (χ0) is 19.3. The van der Waals surface area contributed by atoms with Crippen LogP contribution in [0.15, 0.2) is 57.9 Å². The van der Waals surface area contributed by atoms with Gasteiger partial charge in [0.25, 0.3) is 5.91 Å². The van der Waals surface area contributed by atoms with Crippen LogP contribution < -0.4 is 14.8 Å². The Morgan fingerprint density at radius 2 is 1.58 bits per heavy atom. The Morgan fingerprint density at radius 3 is 2.12 bits per heavy atom. The monoisotopic (exact) mass is 440 g/mol. The molecule has 1 unspecified atom stereocenters. The van der Waals surface area contributed by atoms with E-state index in [9.17, 15) is 13.2 Å². The van der Waals surface area contributed by atoms with Gasteiger partial charge in [0, 0.05) is 16.2 Å². The molecule has 2 aromatic rings. The minimum Gasteiger partial charge on any atom is -0.481 e. The summed E-state index contributed by atoms with van der Waals surface area (Å²) in [5, 5.41) is 2.70. The van der Waals surface area contributed by atoms with Gasteiger partial charge in [-0.15, -0.1) is 0 Å². The third kappa shape index (κ3) is 5.82. The fourth-order valence-electron chi connectivity index (χ4n) is 2.11. The molecule has 140 valence electrons. The molecule has 0 aromatic heterocycles. The number of carbonyl (C=O) groups excluding carboxylic acids is 1. The number of ether oxygens (including phenoxy) is 1. The molecule has 2 N–H and O–H groups in total. The normalized spacial score (nSPS) is 12.7. The zero-order valence-electron chi connectivity index (χ0n) is 14.7. The molecular weight excluding hydrogens is 420 g/mol. The molecule has 0 spiro atoms. The van der Waals surface area contributed by atoms with Gasteiger partial charge in [-0.2, -0.15) is 0 Å². The highest BCUT2D eigenvalue weighted by molar-refractivity contribution is 9.10. The first-order chi connectivity index (χ1) is 12.2. The van der Waals surface area contributed by atoms with Crippen molar-refractivity contribution in [3.05, 3.63) is 53.0 Å². The van der Waals surface area contributed by atoms with Gasteiger partial charge >= 0.3 is 0 Å². The van der Waals surface area contributed by atoms with Gasteiger partial charge in [0.2, 0.25) is 10.0 Å². The number of anilines is 1. The van der Waals surface area contributed by atoms with E-state index >= 15 is 0 Å². The van der Waals surface area contributed by atoms with E-state index in [1.54, 1.807) is 45.0 Å². The van der Waals surface area contributed by atoms with Crippen LogP contribution in [0.3, 0.4) is 0 Å². The van der Waals surface area contributed by atoms with Crippen LogP contribution >= 0.6 is 15.9 Å². The Labute approximate surface area is 162 Å². The summed E-state index contributed by atoms with van der Waals surface area (Å²) in [6, 6.07) is 12.9. The van der Waals surface area contributed by atoms with Crippen molar-refractivity contribution in [1.82, 2.24) is 4.72 Å². The van der Waals surface area contributed by atoms with Gasteiger partial charge in [-0.25, -0.2) is 13.1 Å². The number of carbonyl (C=O) groups is 1. The van der Waals surface area contributed by atoms with Gasteiger partial charge in [-0.1, -0.05) is 15.9 Å². The molecule has 8 heteroatoms. The molecule has 1 amide bonds. The van der Waals surface area contributed by atoms with Crippen molar-refractivity contribution in [3.8, 4) is 5.75 Å². The predicted octanol–water partition coefficient (Wildman–Crippen LogP) is 3.54. The molecule has 1 atom stereocenters. The third-order valence-corrected chi connectivity index (χ3v) is 5.52. The summed E-state index contributed by atoms with van der Waals surface area (Å²) in [7, 11) is -3.56. The van der Waals surface area contributed by atoms with Crippen LogP contribution in [0.25, 0.3) is 0 Å². The molecule has 2 aromatic carbocycles. The number of sulfonamides is 1. The van der Waals surface area contributed by atoms with Gasteiger partial charge in [0.15, 0.2) is 6.10 Å². The molecule has 0 fully saturated rings. The number of nitrogens with one attached hydrogen (secondary N) is 2. The predicted molar refractivity (Wildman–Crippen MR) is 105 cm³/mol. The first-order valence-electron chi connectivity index (χ1n) is 8.03. The molecule has 26 heavy (non-hydrogen) atoms. The standard InChI is InChI=1S/C18H21BrN2O4S/c1-12(2)21-26(23,24)17-10-6-15(7-11-17)20-18(22)13(3)25-16-8-4-14(19)5-9-16/h4-13,21H,1-3H3,(H,20,22). The Bertz CT molecular complexity index is 850. The molecule has 0 heterocycles. The van der Waals surface area contributed by atoms with Crippen molar-refractivity contribution in [2.45, 2.75) is 37.8 Å². The van der Waals surface area contributed by atoms with E-state index in [1.165, 1.54) is 12.1 Å². The van der Waals surface area contributed by atoms with Crippen molar-refractivity contribution < 1.29 is 17.9 Å². The lowest BCUT2D eigenvalue weighted by Gasteiger charge is -2.15.